The molecular weight excluding hydrogens is 897 g/mol. The summed E-state index contributed by atoms with van der Waals surface area (Å²) in [6, 6.07) is 112. The van der Waals surface area contributed by atoms with Crippen LogP contribution >= 0.6 is 0 Å². The first-order valence-corrected chi connectivity index (χ1v) is 27.2. The van der Waals surface area contributed by atoms with Crippen LogP contribution in [0.3, 0.4) is 0 Å². The minimum Gasteiger partial charge on any atom is -0.310 e. The Morgan fingerprint density at radius 2 is 0.740 bits per heavy atom. The fourth-order valence-electron chi connectivity index (χ4n) is 11.4. The van der Waals surface area contributed by atoms with E-state index in [1.165, 1.54) is 81.2 Å². The highest BCUT2D eigenvalue weighted by molar-refractivity contribution is 7.19. The maximum Gasteiger partial charge on any atom is 0.179 e. The van der Waals surface area contributed by atoms with E-state index in [1.54, 1.807) is 0 Å². The average molecular weight is 947 g/mol. The number of aromatic nitrogens is 1. The van der Waals surface area contributed by atoms with Crippen LogP contribution in [0.5, 0.6) is 0 Å². The van der Waals surface area contributed by atoms with Crippen LogP contribution in [0.4, 0.5) is 17.1 Å². The third-order valence-corrected chi connectivity index (χ3v) is 19.6. The van der Waals surface area contributed by atoms with Gasteiger partial charge in [-0.05, 0) is 126 Å². The number of rotatable bonds is 11. The molecule has 0 bridgehead atoms. The van der Waals surface area contributed by atoms with E-state index >= 15 is 0 Å². The van der Waals surface area contributed by atoms with Gasteiger partial charge in [0.15, 0.2) is 8.07 Å². The lowest BCUT2D eigenvalue weighted by Gasteiger charge is -2.34. The van der Waals surface area contributed by atoms with Crippen LogP contribution in [-0.4, -0.2) is 12.6 Å². The van der Waals surface area contributed by atoms with Crippen molar-refractivity contribution in [3.8, 4) is 39.1 Å². The Kier molecular flexibility index (Phi) is 11.3. The molecule has 0 unspecified atom stereocenters. The molecule has 0 amide bonds. The lowest BCUT2D eigenvalue weighted by atomic mass is 9.95. The highest BCUT2D eigenvalue weighted by Gasteiger charge is 2.41. The first kappa shape index (κ1) is 43.7. The van der Waals surface area contributed by atoms with Crippen molar-refractivity contribution in [2.24, 2.45) is 0 Å². The largest absolute Gasteiger partial charge is 0.310 e. The van der Waals surface area contributed by atoms with E-state index in [-0.39, 0.29) is 0 Å². The van der Waals surface area contributed by atoms with E-state index in [9.17, 15) is 0 Å². The summed E-state index contributed by atoms with van der Waals surface area (Å²) in [4.78, 5) is 2.44. The van der Waals surface area contributed by atoms with Crippen LogP contribution < -0.4 is 25.6 Å². The third kappa shape index (κ3) is 7.75. The van der Waals surface area contributed by atoms with E-state index in [0.717, 1.165) is 28.3 Å². The number of hydrogen-bond donors (Lipinski definition) is 0. The van der Waals surface area contributed by atoms with Crippen LogP contribution in [0.2, 0.25) is 0 Å². The van der Waals surface area contributed by atoms with Gasteiger partial charge in [-0.3, -0.25) is 0 Å². The maximum atomic E-state index is 2.44. The number of nitrogens with zero attached hydrogens (tertiary/aromatic N) is 2. The zero-order valence-corrected chi connectivity index (χ0v) is 41.3. The number of fused-ring (bicyclic) bond motifs is 4. The second-order valence-electron chi connectivity index (χ2n) is 18.8. The highest BCUT2D eigenvalue weighted by atomic mass is 28.3. The Labute approximate surface area is 428 Å². The molecular formula is C70H50N2Si. The van der Waals surface area contributed by atoms with Crippen LogP contribution in [0.25, 0.3) is 71.6 Å². The molecule has 1 heterocycles. The topological polar surface area (TPSA) is 8.17 Å². The van der Waals surface area contributed by atoms with Gasteiger partial charge in [-0.15, -0.1) is 0 Å². The number of hydrogen-bond acceptors (Lipinski definition) is 1. The predicted molar refractivity (Wildman–Crippen MR) is 313 cm³/mol. The van der Waals surface area contributed by atoms with E-state index < -0.39 is 8.07 Å². The van der Waals surface area contributed by atoms with Gasteiger partial charge in [-0.25, -0.2) is 0 Å². The lowest BCUT2D eigenvalue weighted by molar-refractivity contribution is 1.18. The van der Waals surface area contributed by atoms with Gasteiger partial charge in [-0.1, -0.05) is 243 Å². The Morgan fingerprint density at radius 1 is 0.288 bits per heavy atom. The third-order valence-electron chi connectivity index (χ3n) is 14.8. The van der Waals surface area contributed by atoms with E-state index in [2.05, 4.69) is 313 Å². The minimum absolute atomic E-state index is 1.08. The average Bonchev–Trinajstić information content (AvgIpc) is 3.82. The van der Waals surface area contributed by atoms with E-state index in [4.69, 9.17) is 0 Å². The molecule has 0 saturated carbocycles. The SMILES string of the molecule is c1ccc(-c2cccc3ccc(-c4ccc(N(c5ccc(-c6ccc([Si](c7ccccc7)(c7ccccc7)c7ccccc7)cc6)cc5)c5cccc6c5c5ccccc5n6-c5ccccc5)cc4)cc23)cc1. The number of para-hydroxylation sites is 2. The van der Waals surface area contributed by atoms with Crippen LogP contribution in [0, 0.1) is 0 Å². The monoisotopic (exact) mass is 946 g/mol. The van der Waals surface area contributed by atoms with Crippen molar-refractivity contribution in [3.63, 3.8) is 0 Å². The van der Waals surface area contributed by atoms with Crippen molar-refractivity contribution in [1.82, 2.24) is 4.57 Å². The van der Waals surface area contributed by atoms with Crippen molar-refractivity contribution < 1.29 is 0 Å². The van der Waals surface area contributed by atoms with Gasteiger partial charge in [-0.2, -0.15) is 0 Å². The van der Waals surface area contributed by atoms with Crippen molar-refractivity contribution >= 4 is 78.5 Å². The first-order chi connectivity index (χ1) is 36.2. The molecule has 73 heavy (non-hydrogen) atoms. The Balaban J connectivity index is 0.927. The molecule has 2 nitrogen and oxygen atoms in total. The molecule has 0 aliphatic carbocycles. The smallest absolute Gasteiger partial charge is 0.179 e. The second-order valence-corrected chi connectivity index (χ2v) is 22.6. The predicted octanol–water partition coefficient (Wildman–Crippen LogP) is 15.8. The molecule has 0 aliphatic heterocycles. The summed E-state index contributed by atoms with van der Waals surface area (Å²) in [7, 11) is -2.65. The minimum atomic E-state index is -2.65. The molecule has 12 aromatic carbocycles. The van der Waals surface area contributed by atoms with Gasteiger partial charge < -0.3 is 9.47 Å². The van der Waals surface area contributed by atoms with Crippen molar-refractivity contribution in [3.05, 3.63) is 303 Å². The molecule has 0 saturated heterocycles. The zero-order valence-electron chi connectivity index (χ0n) is 40.3. The first-order valence-electron chi connectivity index (χ1n) is 25.2. The summed E-state index contributed by atoms with van der Waals surface area (Å²) in [6.07, 6.45) is 0. The lowest BCUT2D eigenvalue weighted by Crippen LogP contribution is -2.74. The van der Waals surface area contributed by atoms with Gasteiger partial charge >= 0.3 is 0 Å². The maximum absolute atomic E-state index is 2.65. The van der Waals surface area contributed by atoms with E-state index in [1.807, 2.05) is 0 Å². The van der Waals surface area contributed by atoms with Crippen LogP contribution in [-0.2, 0) is 0 Å². The van der Waals surface area contributed by atoms with Gasteiger partial charge in [0.2, 0.25) is 0 Å². The summed E-state index contributed by atoms with van der Waals surface area (Å²) < 4.78 is 2.40. The standard InChI is InChI=1S/C70H50N2Si/c1-6-20-54(21-7-1)64-32-18-22-55-36-37-56(50-66(55)64)53-40-46-59(47-41-53)71(68-34-19-35-69-70(68)65-31-16-17-33-67(65)72(69)57-23-8-2-9-24-57)58-44-38-51(39-45-58)52-42-48-63(49-43-52)73(60-25-10-3-11-26-60,61-27-12-4-13-28-61)62-29-14-5-15-30-62/h1-50H. The molecule has 1 aromatic heterocycles. The second kappa shape index (κ2) is 18.8. The quantitative estimate of drug-likeness (QED) is 0.0926. The fraction of sp³-hybridized carbons (Fsp3) is 0. The molecule has 13 rings (SSSR count). The normalized spacial score (nSPS) is 11.6. The summed E-state index contributed by atoms with van der Waals surface area (Å²) in [5.41, 5.74) is 13.9. The molecule has 0 atom stereocenters. The molecule has 0 spiro atoms. The van der Waals surface area contributed by atoms with Gasteiger partial charge in [0.25, 0.3) is 0 Å². The van der Waals surface area contributed by atoms with Gasteiger partial charge in [0, 0.05) is 27.8 Å². The Bertz CT molecular complexity index is 3930. The molecule has 0 aliphatic rings. The number of anilines is 3. The molecule has 13 aromatic rings. The number of benzene rings is 12. The van der Waals surface area contributed by atoms with E-state index in [0.29, 0.717) is 0 Å². The zero-order chi connectivity index (χ0) is 48.6. The molecule has 3 heteroatoms. The molecule has 0 N–H and O–H groups in total. The molecule has 344 valence electrons. The van der Waals surface area contributed by atoms with Crippen LogP contribution in [0.15, 0.2) is 303 Å². The Hall–Kier alpha value is -9.28. The van der Waals surface area contributed by atoms with Gasteiger partial charge in [0.1, 0.15) is 0 Å². The summed E-state index contributed by atoms with van der Waals surface area (Å²) >= 11 is 0. The molecule has 0 radical (unpaired) electrons. The summed E-state index contributed by atoms with van der Waals surface area (Å²) in [6.45, 7) is 0. The fourth-order valence-corrected chi connectivity index (χ4v) is 16.1. The highest BCUT2D eigenvalue weighted by Crippen LogP contribution is 2.45. The summed E-state index contributed by atoms with van der Waals surface area (Å²) in [5.74, 6) is 0. The van der Waals surface area contributed by atoms with Gasteiger partial charge in [0.05, 0.1) is 16.7 Å². The molecule has 0 fully saturated rings. The summed E-state index contributed by atoms with van der Waals surface area (Å²) in [5, 5.41) is 10.4. The van der Waals surface area contributed by atoms with Crippen molar-refractivity contribution in [1.29, 1.82) is 0 Å². The Morgan fingerprint density at radius 3 is 1.33 bits per heavy atom. The van der Waals surface area contributed by atoms with Crippen LogP contribution in [0.1, 0.15) is 0 Å². The van der Waals surface area contributed by atoms with Crippen molar-refractivity contribution in [2.75, 3.05) is 4.90 Å². The van der Waals surface area contributed by atoms with Crippen molar-refractivity contribution in [2.45, 2.75) is 0 Å².